The van der Waals surface area contributed by atoms with Gasteiger partial charge in [0.15, 0.2) is 10.8 Å². The minimum atomic E-state index is -0.431. The summed E-state index contributed by atoms with van der Waals surface area (Å²) in [6.07, 6.45) is 3.00. The lowest BCUT2D eigenvalue weighted by atomic mass is 10.2. The molecule has 0 saturated carbocycles. The first-order valence-electron chi connectivity index (χ1n) is 6.20. The van der Waals surface area contributed by atoms with Crippen molar-refractivity contribution >= 4 is 29.0 Å². The molecule has 9 heteroatoms. The van der Waals surface area contributed by atoms with Gasteiger partial charge in [0, 0.05) is 11.9 Å². The Kier molecular flexibility index (Phi) is 3.83. The summed E-state index contributed by atoms with van der Waals surface area (Å²) < 4.78 is 1.07. The van der Waals surface area contributed by atoms with Gasteiger partial charge in [0.2, 0.25) is 0 Å². The molecule has 3 aromatic heterocycles. The first-order valence-corrected chi connectivity index (χ1v) is 7.57. The first kappa shape index (κ1) is 14.6. The molecular weight excluding hydrogens is 324 g/mol. The topological polar surface area (TPSA) is 99.7 Å². The van der Waals surface area contributed by atoms with Crippen molar-refractivity contribution in [2.45, 2.75) is 17.8 Å². The Hall–Kier alpha value is -2.37. The van der Waals surface area contributed by atoms with Crippen molar-refractivity contribution in [2.75, 3.05) is 0 Å². The second kappa shape index (κ2) is 5.79. The van der Waals surface area contributed by atoms with E-state index in [1.165, 1.54) is 18.0 Å². The number of halogens is 1. The number of aromatic nitrogens is 5. The number of hydrogen-bond acceptors (Lipinski definition) is 6. The molecule has 1 N–H and O–H groups in total. The predicted molar refractivity (Wildman–Crippen MR) is 81.9 cm³/mol. The van der Waals surface area contributed by atoms with Gasteiger partial charge in [-0.1, -0.05) is 29.4 Å². The maximum absolute atomic E-state index is 11.9. The molecule has 0 radical (unpaired) electrons. The van der Waals surface area contributed by atoms with E-state index >= 15 is 0 Å². The molecule has 0 saturated heterocycles. The zero-order chi connectivity index (χ0) is 15.7. The van der Waals surface area contributed by atoms with Gasteiger partial charge < -0.3 is 0 Å². The van der Waals surface area contributed by atoms with E-state index in [0.717, 1.165) is 15.6 Å². The molecule has 0 aromatic carbocycles. The Morgan fingerprint density at radius 3 is 3.05 bits per heavy atom. The van der Waals surface area contributed by atoms with Gasteiger partial charge in [-0.2, -0.15) is 14.9 Å². The molecule has 7 nitrogen and oxygen atoms in total. The number of rotatable bonds is 3. The third-order valence-electron chi connectivity index (χ3n) is 2.92. The Morgan fingerprint density at radius 2 is 2.32 bits per heavy atom. The normalized spacial score (nSPS) is 10.8. The second-order valence-electron chi connectivity index (χ2n) is 4.49. The number of nitrogens with zero attached hydrogens (tertiary/aromatic N) is 5. The second-order valence-corrected chi connectivity index (χ2v) is 5.81. The van der Waals surface area contributed by atoms with Crippen molar-refractivity contribution in [1.82, 2.24) is 24.6 Å². The Balaban J connectivity index is 1.89. The predicted octanol–water partition coefficient (Wildman–Crippen LogP) is 1.94. The molecule has 0 aliphatic carbocycles. The lowest BCUT2D eigenvalue weighted by Crippen LogP contribution is -2.19. The fourth-order valence-corrected chi connectivity index (χ4v) is 2.74. The van der Waals surface area contributed by atoms with Gasteiger partial charge in [-0.15, -0.1) is 0 Å². The van der Waals surface area contributed by atoms with Crippen molar-refractivity contribution in [3.8, 4) is 6.07 Å². The minimum absolute atomic E-state index is 0.249. The standard InChI is InChI=1S/C13H9ClN6OS/c1-7-2-8(4-16-10(7)14)6-22-12-18-11-9(3-15)5-17-20(11)13(21)19-12/h2,4-5H,6H2,1H3,(H,18,19,21). The smallest absolute Gasteiger partial charge is 0.285 e. The molecule has 3 aromatic rings. The van der Waals surface area contributed by atoms with Gasteiger partial charge in [-0.25, -0.2) is 14.8 Å². The van der Waals surface area contributed by atoms with Gasteiger partial charge in [0.25, 0.3) is 0 Å². The first-order chi connectivity index (χ1) is 10.6. The average molecular weight is 333 g/mol. The Labute approximate surface area is 134 Å². The fraction of sp³-hybridized carbons (Fsp3) is 0.154. The van der Waals surface area contributed by atoms with E-state index in [2.05, 4.69) is 20.1 Å². The molecule has 22 heavy (non-hydrogen) atoms. The van der Waals surface area contributed by atoms with Gasteiger partial charge >= 0.3 is 5.69 Å². The van der Waals surface area contributed by atoms with E-state index in [1.54, 1.807) is 6.20 Å². The van der Waals surface area contributed by atoms with E-state index < -0.39 is 5.69 Å². The summed E-state index contributed by atoms with van der Waals surface area (Å²) in [5.41, 5.74) is 1.93. The summed E-state index contributed by atoms with van der Waals surface area (Å²) in [5, 5.41) is 13.7. The van der Waals surface area contributed by atoms with Crippen LogP contribution in [0.1, 0.15) is 16.7 Å². The number of hydrogen-bond donors (Lipinski definition) is 1. The van der Waals surface area contributed by atoms with Crippen molar-refractivity contribution < 1.29 is 0 Å². The summed E-state index contributed by atoms with van der Waals surface area (Å²) in [6.45, 7) is 1.88. The lowest BCUT2D eigenvalue weighted by molar-refractivity contribution is 0.786. The summed E-state index contributed by atoms with van der Waals surface area (Å²) in [6, 6.07) is 3.89. The highest BCUT2D eigenvalue weighted by Crippen LogP contribution is 2.21. The number of H-pyrrole nitrogens is 1. The van der Waals surface area contributed by atoms with Crippen molar-refractivity contribution in [3.63, 3.8) is 0 Å². The van der Waals surface area contributed by atoms with E-state index in [1.807, 2.05) is 19.1 Å². The van der Waals surface area contributed by atoms with E-state index in [9.17, 15) is 4.79 Å². The van der Waals surface area contributed by atoms with Crippen LogP contribution in [0.2, 0.25) is 5.15 Å². The summed E-state index contributed by atoms with van der Waals surface area (Å²) >= 11 is 7.23. The van der Waals surface area contributed by atoms with E-state index in [4.69, 9.17) is 16.9 Å². The molecule has 0 amide bonds. The zero-order valence-corrected chi connectivity index (χ0v) is 12.9. The molecule has 3 rings (SSSR count). The maximum Gasteiger partial charge on any atom is 0.350 e. The number of nitriles is 1. The maximum atomic E-state index is 11.9. The number of fused-ring (bicyclic) bond motifs is 1. The highest BCUT2D eigenvalue weighted by Gasteiger charge is 2.10. The van der Waals surface area contributed by atoms with Gasteiger partial charge in [0.05, 0.1) is 6.20 Å². The molecular formula is C13H9ClN6OS. The van der Waals surface area contributed by atoms with Gasteiger partial charge in [0.1, 0.15) is 16.8 Å². The Bertz CT molecular complexity index is 957. The highest BCUT2D eigenvalue weighted by atomic mass is 35.5. The molecule has 110 valence electrons. The molecule has 0 unspecified atom stereocenters. The van der Waals surface area contributed by atoms with Crippen molar-refractivity contribution in [3.05, 3.63) is 50.8 Å². The molecule has 0 bridgehead atoms. The molecule has 0 spiro atoms. The molecule has 3 heterocycles. The monoisotopic (exact) mass is 332 g/mol. The number of thioether (sulfide) groups is 1. The molecule has 0 fully saturated rings. The zero-order valence-electron chi connectivity index (χ0n) is 11.4. The molecule has 0 aliphatic rings. The van der Waals surface area contributed by atoms with Crippen LogP contribution in [0.15, 0.2) is 28.4 Å². The van der Waals surface area contributed by atoms with Crippen LogP contribution in [0.4, 0.5) is 0 Å². The van der Waals surface area contributed by atoms with Crippen molar-refractivity contribution in [1.29, 1.82) is 5.26 Å². The summed E-state index contributed by atoms with van der Waals surface area (Å²) in [5.74, 6) is 0.570. The van der Waals surface area contributed by atoms with Crippen LogP contribution >= 0.6 is 23.4 Å². The number of pyridine rings is 1. The van der Waals surface area contributed by atoms with Crippen LogP contribution in [0.5, 0.6) is 0 Å². The van der Waals surface area contributed by atoms with E-state index in [0.29, 0.717) is 16.1 Å². The van der Waals surface area contributed by atoms with Crippen LogP contribution in [0.25, 0.3) is 5.65 Å². The van der Waals surface area contributed by atoms with Crippen LogP contribution in [0.3, 0.4) is 0 Å². The minimum Gasteiger partial charge on any atom is -0.285 e. The molecule has 0 atom stereocenters. The average Bonchev–Trinajstić information content (AvgIpc) is 2.92. The van der Waals surface area contributed by atoms with Crippen LogP contribution in [0, 0.1) is 18.3 Å². The Morgan fingerprint density at radius 1 is 1.50 bits per heavy atom. The van der Waals surface area contributed by atoms with Crippen molar-refractivity contribution in [2.24, 2.45) is 0 Å². The highest BCUT2D eigenvalue weighted by molar-refractivity contribution is 7.98. The van der Waals surface area contributed by atoms with Crippen LogP contribution in [-0.2, 0) is 5.75 Å². The number of nitrogens with one attached hydrogen (secondary N) is 1. The largest absolute Gasteiger partial charge is 0.350 e. The van der Waals surface area contributed by atoms with Crippen LogP contribution < -0.4 is 5.69 Å². The van der Waals surface area contributed by atoms with Gasteiger partial charge in [-0.05, 0) is 18.1 Å². The third-order valence-corrected chi connectivity index (χ3v) is 4.26. The van der Waals surface area contributed by atoms with Gasteiger partial charge in [-0.3, -0.25) is 4.98 Å². The summed E-state index contributed by atoms with van der Waals surface area (Å²) in [4.78, 5) is 22.9. The number of aromatic amines is 1. The lowest BCUT2D eigenvalue weighted by Gasteiger charge is -2.03. The SMILES string of the molecule is Cc1cc(CSc2nc3c(C#N)cnn3c(=O)[nH]2)cnc1Cl. The molecule has 0 aliphatic heterocycles. The van der Waals surface area contributed by atoms with Crippen LogP contribution in [-0.4, -0.2) is 24.6 Å². The quantitative estimate of drug-likeness (QED) is 0.581. The fourth-order valence-electron chi connectivity index (χ4n) is 1.86. The summed E-state index contributed by atoms with van der Waals surface area (Å²) in [7, 11) is 0. The third kappa shape index (κ3) is 2.68. The van der Waals surface area contributed by atoms with E-state index in [-0.39, 0.29) is 11.2 Å². The number of aryl methyl sites for hydroxylation is 1.